The first-order chi connectivity index (χ1) is 11.0. The Morgan fingerprint density at radius 2 is 1.79 bits per heavy atom. The molecular formula is C16H26F3N3O2. The van der Waals surface area contributed by atoms with E-state index in [1.807, 2.05) is 0 Å². The fraction of sp³-hybridized carbons (Fsp3) is 0.875. The zero-order valence-electron chi connectivity index (χ0n) is 14.4. The van der Waals surface area contributed by atoms with Gasteiger partial charge in [-0.15, -0.1) is 0 Å². The summed E-state index contributed by atoms with van der Waals surface area (Å²) in [4.78, 5) is 25.1. The molecule has 0 spiro atoms. The summed E-state index contributed by atoms with van der Waals surface area (Å²) in [7, 11) is 0. The first-order valence-corrected chi connectivity index (χ1v) is 8.35. The van der Waals surface area contributed by atoms with E-state index in [4.69, 9.17) is 0 Å². The maximum absolute atomic E-state index is 13.4. The number of amides is 3. The zero-order valence-corrected chi connectivity index (χ0v) is 14.4. The van der Waals surface area contributed by atoms with Crippen molar-refractivity contribution >= 4 is 11.9 Å². The van der Waals surface area contributed by atoms with Crippen molar-refractivity contribution in [3.05, 3.63) is 0 Å². The number of hydrogen-bond donors (Lipinski definition) is 2. The average molecular weight is 349 g/mol. The third-order valence-corrected chi connectivity index (χ3v) is 5.09. The van der Waals surface area contributed by atoms with Gasteiger partial charge in [-0.05, 0) is 18.8 Å². The molecule has 0 bridgehead atoms. The highest BCUT2D eigenvalue weighted by atomic mass is 19.4. The molecule has 1 heterocycles. The van der Waals surface area contributed by atoms with Crippen LogP contribution in [-0.2, 0) is 4.79 Å². The number of carbonyl (C=O) groups excluding carboxylic acids is 2. The SMILES string of the molecule is CC(C)(C)C(=O)NCCNC(=O)N1C[C@@H]2CCC[C@]2(C(F)(F)F)C1. The van der Waals surface area contributed by atoms with Crippen molar-refractivity contribution in [1.29, 1.82) is 0 Å². The Morgan fingerprint density at radius 3 is 2.33 bits per heavy atom. The summed E-state index contributed by atoms with van der Waals surface area (Å²) >= 11 is 0. The molecule has 0 aromatic carbocycles. The van der Waals surface area contributed by atoms with E-state index in [0.717, 1.165) is 0 Å². The quantitative estimate of drug-likeness (QED) is 0.769. The molecule has 1 aliphatic heterocycles. The standard InChI is InChI=1S/C16H26F3N3O2/c1-14(2,3)12(23)20-7-8-21-13(24)22-9-11-5-4-6-15(11,10-22)16(17,18)19/h11H,4-10H2,1-3H3,(H,20,23)(H,21,24)/t11-,15-/m0/s1. The predicted molar refractivity (Wildman–Crippen MR) is 83.3 cm³/mol. The molecule has 2 aliphatic rings. The van der Waals surface area contributed by atoms with Gasteiger partial charge in [0.25, 0.3) is 0 Å². The summed E-state index contributed by atoms with van der Waals surface area (Å²) in [6, 6.07) is -0.488. The fourth-order valence-corrected chi connectivity index (χ4v) is 3.63. The average Bonchev–Trinajstić information content (AvgIpc) is 2.99. The third kappa shape index (κ3) is 3.62. The fourth-order valence-electron chi connectivity index (χ4n) is 3.63. The first-order valence-electron chi connectivity index (χ1n) is 8.35. The van der Waals surface area contributed by atoms with Gasteiger partial charge in [-0.1, -0.05) is 27.2 Å². The maximum atomic E-state index is 13.4. The van der Waals surface area contributed by atoms with Crippen molar-refractivity contribution in [2.75, 3.05) is 26.2 Å². The second kappa shape index (κ2) is 6.44. The third-order valence-electron chi connectivity index (χ3n) is 5.09. The summed E-state index contributed by atoms with van der Waals surface area (Å²) in [6.45, 7) is 5.67. The van der Waals surface area contributed by atoms with E-state index in [2.05, 4.69) is 10.6 Å². The lowest BCUT2D eigenvalue weighted by atomic mass is 9.80. The van der Waals surface area contributed by atoms with Crippen LogP contribution in [0.25, 0.3) is 0 Å². The van der Waals surface area contributed by atoms with Crippen molar-refractivity contribution in [1.82, 2.24) is 15.5 Å². The molecule has 24 heavy (non-hydrogen) atoms. The number of nitrogens with one attached hydrogen (secondary N) is 2. The Bertz CT molecular complexity index is 502. The van der Waals surface area contributed by atoms with Gasteiger partial charge >= 0.3 is 12.2 Å². The maximum Gasteiger partial charge on any atom is 0.396 e. The summed E-state index contributed by atoms with van der Waals surface area (Å²) in [5.74, 6) is -0.632. The number of hydrogen-bond acceptors (Lipinski definition) is 2. The molecule has 2 rings (SSSR count). The van der Waals surface area contributed by atoms with E-state index in [-0.39, 0.29) is 38.5 Å². The molecule has 5 nitrogen and oxygen atoms in total. The zero-order chi connectivity index (χ0) is 18.2. The lowest BCUT2D eigenvalue weighted by Crippen LogP contribution is -2.46. The highest BCUT2D eigenvalue weighted by Gasteiger charge is 2.65. The Labute approximate surface area is 140 Å². The summed E-state index contributed by atoms with van der Waals surface area (Å²) < 4.78 is 40.3. The summed E-state index contributed by atoms with van der Waals surface area (Å²) in [5, 5.41) is 5.28. The number of carbonyl (C=O) groups is 2. The molecule has 2 fully saturated rings. The minimum atomic E-state index is -4.27. The smallest absolute Gasteiger partial charge is 0.354 e. The molecule has 1 saturated carbocycles. The predicted octanol–water partition coefficient (Wildman–Crippen LogP) is 2.52. The van der Waals surface area contributed by atoms with Crippen LogP contribution >= 0.6 is 0 Å². The van der Waals surface area contributed by atoms with E-state index in [1.165, 1.54) is 4.90 Å². The van der Waals surface area contributed by atoms with Gasteiger partial charge in [-0.25, -0.2) is 4.79 Å². The summed E-state index contributed by atoms with van der Waals surface area (Å²) in [5.41, 5.74) is -2.25. The van der Waals surface area contributed by atoms with Gasteiger partial charge in [-0.3, -0.25) is 4.79 Å². The Morgan fingerprint density at radius 1 is 1.17 bits per heavy atom. The van der Waals surface area contributed by atoms with Crippen LogP contribution in [0.5, 0.6) is 0 Å². The van der Waals surface area contributed by atoms with E-state index < -0.39 is 29.0 Å². The molecule has 8 heteroatoms. The lowest BCUT2D eigenvalue weighted by molar-refractivity contribution is -0.226. The van der Waals surface area contributed by atoms with Gasteiger partial charge in [0.15, 0.2) is 0 Å². The molecule has 3 amide bonds. The topological polar surface area (TPSA) is 61.4 Å². The Hall–Kier alpha value is -1.47. The first kappa shape index (κ1) is 18.9. The van der Waals surface area contributed by atoms with Crippen LogP contribution in [0.1, 0.15) is 40.0 Å². The number of fused-ring (bicyclic) bond motifs is 1. The van der Waals surface area contributed by atoms with Crippen molar-refractivity contribution in [3.63, 3.8) is 0 Å². The minimum absolute atomic E-state index is 0.104. The minimum Gasteiger partial charge on any atom is -0.354 e. The monoisotopic (exact) mass is 349 g/mol. The van der Waals surface area contributed by atoms with Crippen molar-refractivity contribution in [2.24, 2.45) is 16.7 Å². The molecule has 0 unspecified atom stereocenters. The van der Waals surface area contributed by atoms with Crippen LogP contribution in [0.15, 0.2) is 0 Å². The van der Waals surface area contributed by atoms with Crippen LogP contribution in [-0.4, -0.2) is 49.2 Å². The molecule has 2 N–H and O–H groups in total. The number of urea groups is 1. The van der Waals surface area contributed by atoms with E-state index in [0.29, 0.717) is 12.8 Å². The van der Waals surface area contributed by atoms with Crippen LogP contribution in [0.2, 0.25) is 0 Å². The number of nitrogens with zero attached hydrogens (tertiary/aromatic N) is 1. The second-order valence-corrected chi connectivity index (χ2v) is 7.86. The van der Waals surface area contributed by atoms with Gasteiger partial charge in [0.05, 0.1) is 5.41 Å². The number of alkyl halides is 3. The molecule has 1 aliphatic carbocycles. The van der Waals surface area contributed by atoms with Crippen LogP contribution in [0.3, 0.4) is 0 Å². The molecule has 138 valence electrons. The largest absolute Gasteiger partial charge is 0.396 e. The van der Waals surface area contributed by atoms with Crippen LogP contribution < -0.4 is 10.6 Å². The van der Waals surface area contributed by atoms with E-state index >= 15 is 0 Å². The molecule has 2 atom stereocenters. The van der Waals surface area contributed by atoms with Gasteiger partial charge in [0.2, 0.25) is 5.91 Å². The van der Waals surface area contributed by atoms with Gasteiger partial charge < -0.3 is 15.5 Å². The second-order valence-electron chi connectivity index (χ2n) is 7.86. The van der Waals surface area contributed by atoms with Crippen molar-refractivity contribution < 1.29 is 22.8 Å². The van der Waals surface area contributed by atoms with Crippen LogP contribution in [0.4, 0.5) is 18.0 Å². The number of likely N-dealkylation sites (tertiary alicyclic amines) is 1. The Kier molecular flexibility index (Phi) is 5.06. The van der Waals surface area contributed by atoms with Gasteiger partial charge in [0, 0.05) is 31.6 Å². The number of halogens is 3. The highest BCUT2D eigenvalue weighted by molar-refractivity contribution is 5.81. The molecule has 0 aromatic rings. The highest BCUT2D eigenvalue weighted by Crippen LogP contribution is 2.57. The normalized spacial score (nSPS) is 27.1. The Balaban J connectivity index is 1.82. The van der Waals surface area contributed by atoms with Crippen molar-refractivity contribution in [3.8, 4) is 0 Å². The van der Waals surface area contributed by atoms with E-state index in [9.17, 15) is 22.8 Å². The van der Waals surface area contributed by atoms with Crippen LogP contribution in [0, 0.1) is 16.7 Å². The molecule has 0 aromatic heterocycles. The van der Waals surface area contributed by atoms with Crippen molar-refractivity contribution in [2.45, 2.75) is 46.2 Å². The molecule has 0 radical (unpaired) electrons. The van der Waals surface area contributed by atoms with E-state index in [1.54, 1.807) is 20.8 Å². The lowest BCUT2D eigenvalue weighted by Gasteiger charge is -2.31. The van der Waals surface area contributed by atoms with Gasteiger partial charge in [0.1, 0.15) is 0 Å². The van der Waals surface area contributed by atoms with Gasteiger partial charge in [-0.2, -0.15) is 13.2 Å². The number of rotatable bonds is 3. The summed E-state index contributed by atoms with van der Waals surface area (Å²) in [6.07, 6.45) is -3.08. The molecular weight excluding hydrogens is 323 g/mol. The molecule has 1 saturated heterocycles.